The highest BCUT2D eigenvalue weighted by atomic mass is 16.5. The van der Waals surface area contributed by atoms with Crippen molar-refractivity contribution >= 4 is 5.91 Å². The van der Waals surface area contributed by atoms with E-state index in [1.165, 1.54) is 7.11 Å². The summed E-state index contributed by atoms with van der Waals surface area (Å²) in [5.41, 5.74) is 0.968. The maximum atomic E-state index is 11.7. The third-order valence-corrected chi connectivity index (χ3v) is 2.42. The van der Waals surface area contributed by atoms with Crippen LogP contribution >= 0.6 is 0 Å². The fraction of sp³-hybridized carbons (Fsp3) is 0.583. The Labute approximate surface area is 101 Å². The molecule has 1 heterocycles. The lowest BCUT2D eigenvalue weighted by molar-refractivity contribution is 0.0603. The van der Waals surface area contributed by atoms with E-state index in [4.69, 9.17) is 9.15 Å². The molecule has 0 aliphatic rings. The fourth-order valence-electron chi connectivity index (χ4n) is 1.53. The van der Waals surface area contributed by atoms with Crippen LogP contribution in [0.2, 0.25) is 0 Å². The Morgan fingerprint density at radius 3 is 2.88 bits per heavy atom. The third kappa shape index (κ3) is 3.87. The van der Waals surface area contributed by atoms with Crippen molar-refractivity contribution in [2.75, 3.05) is 20.3 Å². The summed E-state index contributed by atoms with van der Waals surface area (Å²) < 4.78 is 10.2. The van der Waals surface area contributed by atoms with E-state index in [2.05, 4.69) is 5.32 Å². The van der Waals surface area contributed by atoms with Gasteiger partial charge in [-0.25, -0.2) is 0 Å². The Bertz CT molecular complexity index is 373. The first kappa shape index (κ1) is 13.7. The summed E-state index contributed by atoms with van der Waals surface area (Å²) in [7, 11) is 1.49. The average molecular weight is 241 g/mol. The van der Waals surface area contributed by atoms with Crippen LogP contribution in [0.25, 0.3) is 0 Å². The van der Waals surface area contributed by atoms with Crippen molar-refractivity contribution in [3.63, 3.8) is 0 Å². The van der Waals surface area contributed by atoms with E-state index in [0.717, 1.165) is 17.7 Å². The van der Waals surface area contributed by atoms with Crippen LogP contribution in [-0.4, -0.2) is 37.4 Å². The first-order chi connectivity index (χ1) is 8.08. The van der Waals surface area contributed by atoms with Crippen LogP contribution in [0, 0.1) is 6.92 Å². The Balaban J connectivity index is 2.52. The molecule has 0 spiro atoms. The average Bonchev–Trinajstić information content (AvgIpc) is 2.68. The number of carbonyl (C=O) groups is 1. The van der Waals surface area contributed by atoms with E-state index in [0.29, 0.717) is 0 Å². The highest BCUT2D eigenvalue weighted by Crippen LogP contribution is 2.14. The molecule has 0 bridgehead atoms. The smallest absolute Gasteiger partial charge is 0.287 e. The molecule has 0 aromatic carbocycles. The molecule has 1 amide bonds. The standard InChI is InChI=1S/C12H19NO4/c1-4-10-8(2)5-11(17-10)12(15)13-6-9(14)7-16-3/h5,9,14H,4,6-7H2,1-3H3,(H,13,15). The highest BCUT2D eigenvalue weighted by molar-refractivity contribution is 5.91. The summed E-state index contributed by atoms with van der Waals surface area (Å²) in [6.45, 7) is 4.21. The van der Waals surface area contributed by atoms with Crippen LogP contribution in [0.15, 0.2) is 10.5 Å². The van der Waals surface area contributed by atoms with Gasteiger partial charge in [0.25, 0.3) is 5.91 Å². The fourth-order valence-corrected chi connectivity index (χ4v) is 1.53. The van der Waals surface area contributed by atoms with Crippen LogP contribution in [0.1, 0.15) is 28.8 Å². The molecule has 17 heavy (non-hydrogen) atoms. The van der Waals surface area contributed by atoms with E-state index in [1.54, 1.807) is 6.07 Å². The Morgan fingerprint density at radius 1 is 1.65 bits per heavy atom. The molecule has 2 N–H and O–H groups in total. The van der Waals surface area contributed by atoms with Crippen LogP contribution < -0.4 is 5.32 Å². The van der Waals surface area contributed by atoms with Gasteiger partial charge in [-0.3, -0.25) is 4.79 Å². The second-order valence-corrected chi connectivity index (χ2v) is 3.89. The summed E-state index contributed by atoms with van der Waals surface area (Å²) in [5.74, 6) is 0.777. The molecule has 96 valence electrons. The number of aryl methyl sites for hydroxylation is 2. The molecule has 0 fully saturated rings. The summed E-state index contributed by atoms with van der Waals surface area (Å²) in [4.78, 5) is 11.7. The van der Waals surface area contributed by atoms with Gasteiger partial charge in [-0.1, -0.05) is 6.92 Å². The largest absolute Gasteiger partial charge is 0.456 e. The number of hydrogen-bond acceptors (Lipinski definition) is 4. The van der Waals surface area contributed by atoms with Crippen molar-refractivity contribution in [2.45, 2.75) is 26.4 Å². The van der Waals surface area contributed by atoms with Crippen molar-refractivity contribution in [3.05, 3.63) is 23.2 Å². The van der Waals surface area contributed by atoms with Crippen molar-refractivity contribution in [1.82, 2.24) is 5.32 Å². The van der Waals surface area contributed by atoms with E-state index < -0.39 is 6.10 Å². The van der Waals surface area contributed by atoms with Crippen LogP contribution in [0.5, 0.6) is 0 Å². The molecule has 0 radical (unpaired) electrons. The number of carbonyl (C=O) groups excluding carboxylic acids is 1. The van der Waals surface area contributed by atoms with E-state index in [9.17, 15) is 9.90 Å². The lowest BCUT2D eigenvalue weighted by Gasteiger charge is -2.09. The zero-order valence-electron chi connectivity index (χ0n) is 10.4. The molecule has 1 atom stereocenters. The molecule has 1 rings (SSSR count). The van der Waals surface area contributed by atoms with Gasteiger partial charge in [0.15, 0.2) is 5.76 Å². The number of nitrogens with one attached hydrogen (secondary N) is 1. The quantitative estimate of drug-likeness (QED) is 0.775. The third-order valence-electron chi connectivity index (χ3n) is 2.42. The minimum Gasteiger partial charge on any atom is -0.456 e. The normalized spacial score (nSPS) is 12.5. The minimum atomic E-state index is -0.703. The number of aliphatic hydroxyl groups is 1. The van der Waals surface area contributed by atoms with Crippen molar-refractivity contribution < 1.29 is 19.1 Å². The second kappa shape index (κ2) is 6.42. The molecule has 5 nitrogen and oxygen atoms in total. The molecule has 1 aromatic heterocycles. The zero-order valence-corrected chi connectivity index (χ0v) is 10.4. The number of furan rings is 1. The van der Waals surface area contributed by atoms with Crippen molar-refractivity contribution in [3.8, 4) is 0 Å². The molecule has 1 aromatic rings. The number of hydrogen-bond donors (Lipinski definition) is 2. The van der Waals surface area contributed by atoms with Gasteiger partial charge in [-0.2, -0.15) is 0 Å². The molecule has 0 aliphatic heterocycles. The van der Waals surface area contributed by atoms with Crippen molar-refractivity contribution in [1.29, 1.82) is 0 Å². The van der Waals surface area contributed by atoms with Gasteiger partial charge < -0.3 is 19.6 Å². The number of amides is 1. The molecular weight excluding hydrogens is 222 g/mol. The monoisotopic (exact) mass is 241 g/mol. The predicted molar refractivity (Wildman–Crippen MR) is 63.0 cm³/mol. The maximum absolute atomic E-state index is 11.7. The lowest BCUT2D eigenvalue weighted by Crippen LogP contribution is -2.34. The number of ether oxygens (including phenoxy) is 1. The molecular formula is C12H19NO4. The van der Waals surface area contributed by atoms with Crippen molar-refractivity contribution in [2.24, 2.45) is 0 Å². The van der Waals surface area contributed by atoms with Gasteiger partial charge >= 0.3 is 0 Å². The van der Waals surface area contributed by atoms with Crippen LogP contribution in [-0.2, 0) is 11.2 Å². The van der Waals surface area contributed by atoms with Gasteiger partial charge in [0.1, 0.15) is 5.76 Å². The second-order valence-electron chi connectivity index (χ2n) is 3.89. The van der Waals surface area contributed by atoms with Gasteiger partial charge in [-0.05, 0) is 18.6 Å². The lowest BCUT2D eigenvalue weighted by atomic mass is 10.2. The van der Waals surface area contributed by atoms with Gasteiger partial charge in [0, 0.05) is 20.1 Å². The summed E-state index contributed by atoms with van der Waals surface area (Å²) in [6.07, 6.45) is 0.0523. The summed E-state index contributed by atoms with van der Waals surface area (Å²) >= 11 is 0. The maximum Gasteiger partial charge on any atom is 0.287 e. The molecule has 0 saturated carbocycles. The summed E-state index contributed by atoms with van der Waals surface area (Å²) in [6, 6.07) is 1.71. The molecule has 0 aliphatic carbocycles. The molecule has 5 heteroatoms. The van der Waals surface area contributed by atoms with Gasteiger partial charge in [0.05, 0.1) is 12.7 Å². The van der Waals surface area contributed by atoms with Crippen LogP contribution in [0.4, 0.5) is 0 Å². The molecule has 1 unspecified atom stereocenters. The van der Waals surface area contributed by atoms with E-state index in [1.807, 2.05) is 13.8 Å². The minimum absolute atomic E-state index is 0.147. The Morgan fingerprint density at radius 2 is 2.35 bits per heavy atom. The topological polar surface area (TPSA) is 71.7 Å². The first-order valence-electron chi connectivity index (χ1n) is 5.63. The predicted octanol–water partition coefficient (Wildman–Crippen LogP) is 0.888. The van der Waals surface area contributed by atoms with Crippen LogP contribution in [0.3, 0.4) is 0 Å². The SMILES string of the molecule is CCc1oc(C(=O)NCC(O)COC)cc1C. The van der Waals surface area contributed by atoms with Gasteiger partial charge in [-0.15, -0.1) is 0 Å². The Hall–Kier alpha value is -1.33. The zero-order chi connectivity index (χ0) is 12.8. The molecule has 0 saturated heterocycles. The highest BCUT2D eigenvalue weighted by Gasteiger charge is 2.14. The summed E-state index contributed by atoms with van der Waals surface area (Å²) in [5, 5.41) is 12.0. The number of rotatable bonds is 6. The number of aliphatic hydroxyl groups excluding tert-OH is 1. The Kier molecular flexibility index (Phi) is 5.18. The van der Waals surface area contributed by atoms with E-state index >= 15 is 0 Å². The number of methoxy groups -OCH3 is 1. The van der Waals surface area contributed by atoms with E-state index in [-0.39, 0.29) is 24.8 Å². The van der Waals surface area contributed by atoms with Gasteiger partial charge in [0.2, 0.25) is 0 Å². The first-order valence-corrected chi connectivity index (χ1v) is 5.63.